The molecule has 0 spiro atoms. The number of aromatic nitrogens is 1. The third-order valence-corrected chi connectivity index (χ3v) is 5.20. The highest BCUT2D eigenvalue weighted by Gasteiger charge is 2.17. The number of anilines is 1. The highest BCUT2D eigenvalue weighted by atomic mass is 79.9. The first-order chi connectivity index (χ1) is 11.8. The number of rotatable bonds is 8. The number of ether oxygens (including phenoxy) is 1. The third-order valence-electron chi connectivity index (χ3n) is 3.38. The Morgan fingerprint density at radius 2 is 1.96 bits per heavy atom. The van der Waals surface area contributed by atoms with Gasteiger partial charge < -0.3 is 9.64 Å². The van der Waals surface area contributed by atoms with Crippen LogP contribution in [-0.4, -0.2) is 45.5 Å². The van der Waals surface area contributed by atoms with Crippen molar-refractivity contribution in [1.82, 2.24) is 9.88 Å². The summed E-state index contributed by atoms with van der Waals surface area (Å²) in [5.74, 6) is 0.262. The fourth-order valence-corrected chi connectivity index (χ4v) is 3.46. The molecule has 0 saturated heterocycles. The first kappa shape index (κ1) is 19.7. The summed E-state index contributed by atoms with van der Waals surface area (Å²) in [6.45, 7) is 3.23. The Morgan fingerprint density at radius 3 is 2.60 bits per heavy atom. The Balaban J connectivity index is 0.00000338. The lowest BCUT2D eigenvalue weighted by Gasteiger charge is -2.14. The van der Waals surface area contributed by atoms with Crippen LogP contribution in [0.25, 0.3) is 0 Å². The molecule has 0 bridgehead atoms. The summed E-state index contributed by atoms with van der Waals surface area (Å²) in [7, 11) is 0.258. The Bertz CT molecular complexity index is 815. The zero-order valence-electron chi connectivity index (χ0n) is 14.5. The minimum absolute atomic E-state index is 0. The number of hydrogen-bond donors (Lipinski definition) is 1. The topological polar surface area (TPSA) is 71.5 Å². The van der Waals surface area contributed by atoms with Crippen LogP contribution in [0, 0.1) is 6.92 Å². The molecule has 25 heavy (non-hydrogen) atoms. The van der Waals surface area contributed by atoms with E-state index in [4.69, 9.17) is 4.74 Å². The standard InChI is InChI=1S/C17H22BrN3O3S.H2/c1-13-5-7-15(8-6-13)25(22,23)20-16-11-14(18)12-19-17(16)24-10-4-9-21(2)3;/h5-8,11-12,20H,4,9-10H2,1-3H3;1H. The van der Waals surface area contributed by atoms with Gasteiger partial charge in [0.15, 0.2) is 0 Å². The number of sulfonamides is 1. The molecule has 2 rings (SSSR count). The van der Waals surface area contributed by atoms with Crippen molar-refractivity contribution in [2.24, 2.45) is 0 Å². The van der Waals surface area contributed by atoms with E-state index in [-0.39, 0.29) is 12.2 Å². The van der Waals surface area contributed by atoms with Crippen molar-refractivity contribution in [2.45, 2.75) is 18.2 Å². The van der Waals surface area contributed by atoms with E-state index in [2.05, 4.69) is 30.5 Å². The van der Waals surface area contributed by atoms with Crippen LogP contribution in [0.3, 0.4) is 0 Å². The maximum absolute atomic E-state index is 12.6. The molecule has 0 aliphatic carbocycles. The van der Waals surface area contributed by atoms with Gasteiger partial charge in [-0.05, 0) is 61.6 Å². The van der Waals surface area contributed by atoms with Crippen LogP contribution < -0.4 is 9.46 Å². The van der Waals surface area contributed by atoms with Crippen molar-refractivity contribution < 1.29 is 14.6 Å². The minimum atomic E-state index is -3.71. The van der Waals surface area contributed by atoms with Gasteiger partial charge >= 0.3 is 0 Å². The molecular formula is C17H24BrN3O3S. The first-order valence-corrected chi connectivity index (χ1v) is 10.1. The second-order valence-corrected chi connectivity index (χ2v) is 8.53. The molecule has 1 heterocycles. The average Bonchev–Trinajstić information content (AvgIpc) is 2.53. The molecule has 0 fully saturated rings. The third kappa shape index (κ3) is 5.98. The summed E-state index contributed by atoms with van der Waals surface area (Å²) in [4.78, 5) is 6.42. The van der Waals surface area contributed by atoms with Gasteiger partial charge in [0.1, 0.15) is 5.69 Å². The molecule has 138 valence electrons. The summed E-state index contributed by atoms with van der Waals surface area (Å²) < 4.78 is 34.0. The molecule has 0 unspecified atom stereocenters. The van der Waals surface area contributed by atoms with E-state index in [0.29, 0.717) is 16.8 Å². The second kappa shape index (κ2) is 8.64. The normalized spacial score (nSPS) is 11.6. The van der Waals surface area contributed by atoms with Crippen LogP contribution in [0.1, 0.15) is 13.4 Å². The predicted molar refractivity (Wildman–Crippen MR) is 105 cm³/mol. The average molecular weight is 430 g/mol. The van der Waals surface area contributed by atoms with Gasteiger partial charge in [0.2, 0.25) is 5.88 Å². The monoisotopic (exact) mass is 429 g/mol. The molecule has 2 aromatic rings. The molecule has 0 radical (unpaired) electrons. The smallest absolute Gasteiger partial charge is 0.262 e. The zero-order chi connectivity index (χ0) is 18.4. The van der Waals surface area contributed by atoms with Gasteiger partial charge in [0.25, 0.3) is 10.0 Å². The number of benzene rings is 1. The van der Waals surface area contributed by atoms with E-state index < -0.39 is 10.0 Å². The van der Waals surface area contributed by atoms with Crippen molar-refractivity contribution >= 4 is 31.6 Å². The van der Waals surface area contributed by atoms with Gasteiger partial charge in [-0.3, -0.25) is 4.72 Å². The Morgan fingerprint density at radius 1 is 1.28 bits per heavy atom. The van der Waals surface area contributed by atoms with E-state index >= 15 is 0 Å². The molecule has 8 heteroatoms. The Hall–Kier alpha value is -1.64. The van der Waals surface area contributed by atoms with Crippen LogP contribution >= 0.6 is 15.9 Å². The summed E-state index contributed by atoms with van der Waals surface area (Å²) >= 11 is 3.31. The maximum Gasteiger partial charge on any atom is 0.262 e. The number of nitrogens with zero attached hydrogens (tertiary/aromatic N) is 2. The highest BCUT2D eigenvalue weighted by Crippen LogP contribution is 2.28. The molecule has 0 amide bonds. The molecule has 0 aliphatic heterocycles. The van der Waals surface area contributed by atoms with Gasteiger partial charge in [-0.25, -0.2) is 13.4 Å². The summed E-state index contributed by atoms with van der Waals surface area (Å²) in [5, 5.41) is 0. The quantitative estimate of drug-likeness (QED) is 0.649. The molecule has 1 aromatic heterocycles. The summed E-state index contributed by atoms with van der Waals surface area (Å²) in [5.41, 5.74) is 1.30. The lowest BCUT2D eigenvalue weighted by Crippen LogP contribution is -2.17. The van der Waals surface area contributed by atoms with Crippen LogP contribution in [0.5, 0.6) is 5.88 Å². The Labute approximate surface area is 158 Å². The minimum Gasteiger partial charge on any atom is -0.476 e. The fourth-order valence-electron chi connectivity index (χ4n) is 2.09. The predicted octanol–water partition coefficient (Wildman–Crippen LogP) is 3.53. The molecular weight excluding hydrogens is 406 g/mol. The second-order valence-electron chi connectivity index (χ2n) is 5.93. The lowest BCUT2D eigenvalue weighted by atomic mass is 10.2. The number of halogens is 1. The van der Waals surface area contributed by atoms with E-state index in [1.165, 1.54) is 0 Å². The number of hydrogen-bond acceptors (Lipinski definition) is 5. The van der Waals surface area contributed by atoms with Gasteiger partial charge in [-0.2, -0.15) is 0 Å². The highest BCUT2D eigenvalue weighted by molar-refractivity contribution is 9.10. The number of pyridine rings is 1. The number of aryl methyl sites for hydroxylation is 1. The first-order valence-electron chi connectivity index (χ1n) is 7.80. The van der Waals surface area contributed by atoms with Crippen LogP contribution in [0.2, 0.25) is 0 Å². The maximum atomic E-state index is 12.6. The van der Waals surface area contributed by atoms with Crippen LogP contribution in [0.4, 0.5) is 5.69 Å². The molecule has 6 nitrogen and oxygen atoms in total. The SMILES string of the molecule is Cc1ccc(S(=O)(=O)Nc2cc(Br)cnc2OCCCN(C)C)cc1.[HH]. The molecule has 0 atom stereocenters. The van der Waals surface area contributed by atoms with Crippen molar-refractivity contribution in [3.63, 3.8) is 0 Å². The van der Waals surface area contributed by atoms with E-state index in [1.54, 1.807) is 36.5 Å². The number of nitrogens with one attached hydrogen (secondary N) is 1. The summed E-state index contributed by atoms with van der Waals surface area (Å²) in [6, 6.07) is 8.29. The van der Waals surface area contributed by atoms with Crippen molar-refractivity contribution in [3.8, 4) is 5.88 Å². The van der Waals surface area contributed by atoms with E-state index in [1.807, 2.05) is 21.0 Å². The van der Waals surface area contributed by atoms with Crippen molar-refractivity contribution in [1.29, 1.82) is 0 Å². The van der Waals surface area contributed by atoms with E-state index in [9.17, 15) is 8.42 Å². The van der Waals surface area contributed by atoms with Crippen molar-refractivity contribution in [2.75, 3.05) is 32.0 Å². The fraction of sp³-hybridized carbons (Fsp3) is 0.353. The largest absolute Gasteiger partial charge is 0.476 e. The lowest BCUT2D eigenvalue weighted by molar-refractivity contribution is 0.274. The summed E-state index contributed by atoms with van der Waals surface area (Å²) in [6.07, 6.45) is 2.39. The Kier molecular flexibility index (Phi) is 6.80. The molecule has 1 aromatic carbocycles. The molecule has 0 saturated carbocycles. The van der Waals surface area contributed by atoms with Crippen LogP contribution in [-0.2, 0) is 10.0 Å². The van der Waals surface area contributed by atoms with Crippen molar-refractivity contribution in [3.05, 3.63) is 46.6 Å². The van der Waals surface area contributed by atoms with Gasteiger partial charge in [0, 0.05) is 18.6 Å². The van der Waals surface area contributed by atoms with Gasteiger partial charge in [-0.15, -0.1) is 0 Å². The van der Waals surface area contributed by atoms with Gasteiger partial charge in [-0.1, -0.05) is 17.7 Å². The zero-order valence-corrected chi connectivity index (χ0v) is 16.9. The van der Waals surface area contributed by atoms with Crippen LogP contribution in [0.15, 0.2) is 45.9 Å². The molecule has 0 aliphatic rings. The van der Waals surface area contributed by atoms with E-state index in [0.717, 1.165) is 18.5 Å². The molecule has 1 N–H and O–H groups in total. The van der Waals surface area contributed by atoms with Gasteiger partial charge in [0.05, 0.1) is 11.5 Å².